The first-order valence-corrected chi connectivity index (χ1v) is 6.82. The third kappa shape index (κ3) is 1.69. The van der Waals surface area contributed by atoms with Gasteiger partial charge < -0.3 is 9.72 Å². The number of H-pyrrole nitrogens is 1. The van der Waals surface area contributed by atoms with Gasteiger partial charge in [0.05, 0.1) is 27.1 Å². The van der Waals surface area contributed by atoms with Crippen LogP contribution in [-0.4, -0.2) is 26.0 Å². The van der Waals surface area contributed by atoms with Crippen LogP contribution >= 0.6 is 15.9 Å². The molecule has 0 unspecified atom stereocenters. The molecule has 0 radical (unpaired) electrons. The Balaban J connectivity index is 2.48. The third-order valence-corrected chi connectivity index (χ3v) is 4.49. The number of fused-ring (bicyclic) bond motifs is 1. The molecule has 1 aromatic heterocycles. The Morgan fingerprint density at radius 1 is 1.56 bits per heavy atom. The van der Waals surface area contributed by atoms with Crippen molar-refractivity contribution in [3.63, 3.8) is 0 Å². The van der Waals surface area contributed by atoms with Crippen LogP contribution in [0.3, 0.4) is 0 Å². The Morgan fingerprint density at radius 2 is 2.25 bits per heavy atom. The second-order valence-electron chi connectivity index (χ2n) is 3.15. The van der Waals surface area contributed by atoms with Crippen LogP contribution in [0.1, 0.15) is 23.1 Å². The summed E-state index contributed by atoms with van der Waals surface area (Å²) in [4.78, 5) is 14.2. The molecule has 1 N–H and O–H groups in total. The van der Waals surface area contributed by atoms with Gasteiger partial charge in [0.15, 0.2) is 0 Å². The molecule has 0 spiro atoms. The molecule has 1 aliphatic rings. The third-order valence-electron chi connectivity index (χ3n) is 2.08. The van der Waals surface area contributed by atoms with Crippen molar-refractivity contribution < 1.29 is 17.9 Å². The van der Waals surface area contributed by atoms with Crippen LogP contribution in [0.2, 0.25) is 0 Å². The van der Waals surface area contributed by atoms with Gasteiger partial charge in [-0.05, 0) is 28.9 Å². The molecule has 0 fully saturated rings. The lowest BCUT2D eigenvalue weighted by Gasteiger charge is -1.97. The van der Waals surface area contributed by atoms with Gasteiger partial charge >= 0.3 is 5.97 Å². The molecule has 0 bridgehead atoms. The number of hydrogen-bond acceptors (Lipinski definition) is 4. The first kappa shape index (κ1) is 11.4. The maximum absolute atomic E-state index is 11.6. The van der Waals surface area contributed by atoms with Gasteiger partial charge in [-0.3, -0.25) is 0 Å². The number of nitrogens with one attached hydrogen (secondary N) is 1. The maximum Gasteiger partial charge on any atom is 0.354 e. The van der Waals surface area contributed by atoms with Crippen molar-refractivity contribution in [2.45, 2.75) is 11.8 Å². The Bertz CT molecular complexity index is 585. The second-order valence-corrected chi connectivity index (χ2v) is 5.77. The summed E-state index contributed by atoms with van der Waals surface area (Å²) in [6.45, 7) is 1.92. The minimum atomic E-state index is -3.43. The number of hydrogen-bond donors (Lipinski definition) is 1. The van der Waals surface area contributed by atoms with E-state index in [-0.39, 0.29) is 17.2 Å². The zero-order valence-electron chi connectivity index (χ0n) is 8.28. The van der Waals surface area contributed by atoms with E-state index in [2.05, 4.69) is 20.9 Å². The average Bonchev–Trinajstić information content (AvgIpc) is 2.69. The number of ether oxygens (including phenoxy) is 1. The summed E-state index contributed by atoms with van der Waals surface area (Å²) in [7, 11) is -3.43. The highest BCUT2D eigenvalue weighted by Crippen LogP contribution is 2.36. The number of halogens is 1. The Morgan fingerprint density at radius 3 is 2.81 bits per heavy atom. The quantitative estimate of drug-likeness (QED) is 0.843. The lowest BCUT2D eigenvalue weighted by Crippen LogP contribution is -2.05. The Hall–Kier alpha value is -1.08. The zero-order chi connectivity index (χ0) is 11.9. The van der Waals surface area contributed by atoms with Crippen LogP contribution < -0.4 is 0 Å². The lowest BCUT2D eigenvalue weighted by atomic mass is 10.4. The van der Waals surface area contributed by atoms with E-state index in [0.29, 0.717) is 10.2 Å². The van der Waals surface area contributed by atoms with Gasteiger partial charge in [-0.15, -0.1) is 0 Å². The predicted octanol–water partition coefficient (Wildman–Crippen LogP) is 1.67. The minimum absolute atomic E-state index is 0.0995. The number of aromatic nitrogens is 1. The topological polar surface area (TPSA) is 76.2 Å². The smallest absolute Gasteiger partial charge is 0.354 e. The van der Waals surface area contributed by atoms with Gasteiger partial charge in [0.1, 0.15) is 5.69 Å². The predicted molar refractivity (Wildman–Crippen MR) is 60.8 cm³/mol. The van der Waals surface area contributed by atoms with E-state index in [1.807, 2.05) is 0 Å². The maximum atomic E-state index is 11.6. The lowest BCUT2D eigenvalue weighted by molar-refractivity contribution is 0.0520. The van der Waals surface area contributed by atoms with Crippen LogP contribution in [0.5, 0.6) is 0 Å². The second kappa shape index (κ2) is 3.74. The molecule has 5 nitrogen and oxygen atoms in total. The number of aromatic amines is 1. The summed E-state index contributed by atoms with van der Waals surface area (Å²) in [6.07, 6.45) is 0. The van der Waals surface area contributed by atoms with Crippen LogP contribution in [0, 0.1) is 0 Å². The molecule has 2 heterocycles. The highest BCUT2D eigenvalue weighted by Gasteiger charge is 2.30. The van der Waals surface area contributed by atoms with E-state index in [1.165, 1.54) is 6.07 Å². The largest absolute Gasteiger partial charge is 0.461 e. The number of carbonyl (C=O) groups is 1. The fourth-order valence-corrected chi connectivity index (χ4v) is 3.84. The fourth-order valence-electron chi connectivity index (χ4n) is 1.41. The Kier molecular flexibility index (Phi) is 2.67. The van der Waals surface area contributed by atoms with Gasteiger partial charge in [-0.2, -0.15) is 0 Å². The van der Waals surface area contributed by atoms with Gasteiger partial charge in [0.2, 0.25) is 9.84 Å². The van der Waals surface area contributed by atoms with E-state index in [4.69, 9.17) is 4.74 Å². The molecule has 7 heteroatoms. The summed E-state index contributed by atoms with van der Waals surface area (Å²) in [5.74, 6) is -0.563. The van der Waals surface area contributed by atoms with Crippen molar-refractivity contribution in [1.29, 1.82) is 0 Å². The van der Waals surface area contributed by atoms with Crippen LogP contribution in [-0.2, 0) is 14.6 Å². The van der Waals surface area contributed by atoms with Crippen LogP contribution in [0.4, 0.5) is 0 Å². The molecule has 0 atom stereocenters. The highest BCUT2D eigenvalue weighted by atomic mass is 79.9. The van der Waals surface area contributed by atoms with Crippen molar-refractivity contribution in [3.8, 4) is 0 Å². The van der Waals surface area contributed by atoms with Crippen molar-refractivity contribution in [2.24, 2.45) is 0 Å². The monoisotopic (exact) mass is 305 g/mol. The molecule has 86 valence electrons. The van der Waals surface area contributed by atoms with E-state index in [0.717, 1.165) is 5.41 Å². The molecule has 0 aromatic carbocycles. The summed E-state index contributed by atoms with van der Waals surface area (Å²) < 4.78 is 28.3. The van der Waals surface area contributed by atoms with E-state index in [9.17, 15) is 13.2 Å². The molecule has 0 amide bonds. The van der Waals surface area contributed by atoms with Gasteiger partial charge in [0, 0.05) is 0 Å². The molecule has 0 saturated heterocycles. The van der Waals surface area contributed by atoms with Crippen molar-refractivity contribution in [1.82, 2.24) is 4.98 Å². The van der Waals surface area contributed by atoms with E-state index < -0.39 is 15.8 Å². The number of rotatable bonds is 2. The van der Waals surface area contributed by atoms with E-state index >= 15 is 0 Å². The summed E-state index contributed by atoms with van der Waals surface area (Å²) in [6, 6.07) is 1.29. The average molecular weight is 306 g/mol. The number of sulfone groups is 1. The Labute approximate surface area is 101 Å². The highest BCUT2D eigenvalue weighted by molar-refractivity contribution is 9.15. The molecule has 1 aromatic rings. The first-order valence-electron chi connectivity index (χ1n) is 4.48. The molecule has 16 heavy (non-hydrogen) atoms. The van der Waals surface area contributed by atoms with Crippen molar-refractivity contribution >= 4 is 36.2 Å². The summed E-state index contributed by atoms with van der Waals surface area (Å²) in [5, 5.41) is 1.10. The van der Waals surface area contributed by atoms with Crippen LogP contribution in [0.25, 0.3) is 4.48 Å². The van der Waals surface area contributed by atoms with Crippen molar-refractivity contribution in [3.05, 3.63) is 22.9 Å². The minimum Gasteiger partial charge on any atom is -0.461 e. The molecule has 1 aliphatic heterocycles. The SMILES string of the molecule is CCOC(=O)c1cc2c([nH]1)C(Br)=CS2(=O)=O. The zero-order valence-corrected chi connectivity index (χ0v) is 10.7. The van der Waals surface area contributed by atoms with Gasteiger partial charge in [-0.25, -0.2) is 13.2 Å². The molecule has 0 saturated carbocycles. The summed E-state index contributed by atoms with van der Waals surface area (Å²) in [5.41, 5.74) is 0.531. The standard InChI is InChI=1S/C9H8BrNO4S/c1-2-15-9(12)6-3-7-8(11-6)5(10)4-16(7,13)14/h3-4,11H,2H2,1H3. The molecule has 0 aliphatic carbocycles. The van der Waals surface area contributed by atoms with E-state index in [1.54, 1.807) is 6.92 Å². The summed E-state index contributed by atoms with van der Waals surface area (Å²) >= 11 is 3.11. The number of carbonyl (C=O) groups excluding carboxylic acids is 1. The number of esters is 1. The van der Waals surface area contributed by atoms with Crippen LogP contribution in [0.15, 0.2) is 16.4 Å². The van der Waals surface area contributed by atoms with Gasteiger partial charge in [-0.1, -0.05) is 0 Å². The fraction of sp³-hybridized carbons (Fsp3) is 0.222. The molecular weight excluding hydrogens is 298 g/mol. The first-order chi connectivity index (χ1) is 7.45. The molecule has 2 rings (SSSR count). The van der Waals surface area contributed by atoms with Crippen molar-refractivity contribution in [2.75, 3.05) is 6.61 Å². The normalized spacial score (nSPS) is 16.8. The molecular formula is C9H8BrNO4S. The van der Waals surface area contributed by atoms with Gasteiger partial charge in [0.25, 0.3) is 0 Å².